The number of fused-ring (bicyclic) bond motifs is 1. The largest absolute Gasteiger partial charge is 0.378 e. The molecule has 2 atom stereocenters. The van der Waals surface area contributed by atoms with Gasteiger partial charge in [0.05, 0.1) is 23.1 Å². The van der Waals surface area contributed by atoms with Crippen LogP contribution in [0.2, 0.25) is 0 Å². The Kier molecular flexibility index (Phi) is 4.50. The second-order valence-electron chi connectivity index (χ2n) is 7.40. The number of imidazole rings is 1. The molecule has 134 valence electrons. The average Bonchev–Trinajstić information content (AvgIpc) is 2.97. The minimum absolute atomic E-state index is 0.0427. The van der Waals surface area contributed by atoms with Gasteiger partial charge in [-0.1, -0.05) is 12.1 Å². The predicted molar refractivity (Wildman–Crippen MR) is 97.5 cm³/mol. The van der Waals surface area contributed by atoms with Crippen molar-refractivity contribution >= 4 is 16.9 Å². The van der Waals surface area contributed by atoms with E-state index < -0.39 is 0 Å². The smallest absolute Gasteiger partial charge is 0.228 e. The third-order valence-electron chi connectivity index (χ3n) is 5.84. The van der Waals surface area contributed by atoms with Gasteiger partial charge in [0.25, 0.3) is 0 Å². The Labute approximate surface area is 149 Å². The summed E-state index contributed by atoms with van der Waals surface area (Å²) in [5.41, 5.74) is 2.27. The summed E-state index contributed by atoms with van der Waals surface area (Å²) in [7, 11) is 0. The molecule has 0 saturated carbocycles. The van der Waals surface area contributed by atoms with Gasteiger partial charge in [-0.05, 0) is 51.7 Å². The number of hydrogen-bond acceptors (Lipinski definition) is 3. The van der Waals surface area contributed by atoms with E-state index in [1.807, 2.05) is 13.0 Å². The maximum Gasteiger partial charge on any atom is 0.228 e. The molecule has 2 aliphatic heterocycles. The summed E-state index contributed by atoms with van der Waals surface area (Å²) in [5.74, 6) is 1.40. The Bertz CT molecular complexity index is 761. The van der Waals surface area contributed by atoms with Crippen molar-refractivity contribution in [3.63, 3.8) is 0 Å². The van der Waals surface area contributed by atoms with E-state index in [-0.39, 0.29) is 17.9 Å². The number of rotatable bonds is 2. The Morgan fingerprint density at radius 1 is 1.20 bits per heavy atom. The molecule has 25 heavy (non-hydrogen) atoms. The molecule has 0 N–H and O–H groups in total. The fourth-order valence-electron chi connectivity index (χ4n) is 4.45. The van der Waals surface area contributed by atoms with Crippen LogP contribution in [0.5, 0.6) is 0 Å². The molecule has 2 fully saturated rings. The molecule has 0 bridgehead atoms. The lowest BCUT2D eigenvalue weighted by Crippen LogP contribution is -2.46. The highest BCUT2D eigenvalue weighted by atomic mass is 16.5. The van der Waals surface area contributed by atoms with Crippen LogP contribution in [-0.4, -0.2) is 46.2 Å². The molecule has 1 aromatic carbocycles. The highest BCUT2D eigenvalue weighted by molar-refractivity contribution is 5.79. The van der Waals surface area contributed by atoms with Crippen molar-refractivity contribution in [2.45, 2.75) is 51.7 Å². The molecule has 2 unspecified atom stereocenters. The lowest BCUT2D eigenvalue weighted by Gasteiger charge is -2.37. The van der Waals surface area contributed by atoms with E-state index in [2.05, 4.69) is 34.6 Å². The second-order valence-corrected chi connectivity index (χ2v) is 7.40. The van der Waals surface area contributed by atoms with Crippen molar-refractivity contribution in [3.05, 3.63) is 30.1 Å². The van der Waals surface area contributed by atoms with Crippen LogP contribution in [0.25, 0.3) is 11.0 Å². The molecule has 2 saturated heterocycles. The van der Waals surface area contributed by atoms with Crippen molar-refractivity contribution in [1.82, 2.24) is 14.5 Å². The maximum absolute atomic E-state index is 12.9. The molecule has 0 radical (unpaired) electrons. The summed E-state index contributed by atoms with van der Waals surface area (Å²) < 4.78 is 8.05. The second kappa shape index (κ2) is 6.79. The van der Waals surface area contributed by atoms with Crippen molar-refractivity contribution in [3.8, 4) is 0 Å². The fraction of sp³-hybridized carbons (Fsp3) is 0.600. The Morgan fingerprint density at radius 3 is 2.72 bits per heavy atom. The number of ether oxygens (including phenoxy) is 1. The average molecular weight is 341 g/mol. The number of carbonyl (C=O) groups is 1. The van der Waals surface area contributed by atoms with Crippen molar-refractivity contribution in [2.24, 2.45) is 5.92 Å². The van der Waals surface area contributed by atoms with Crippen molar-refractivity contribution in [2.75, 3.05) is 19.7 Å². The molecule has 5 nitrogen and oxygen atoms in total. The number of carbonyl (C=O) groups excluding carboxylic acids is 1. The maximum atomic E-state index is 12.9. The first-order valence-corrected chi connectivity index (χ1v) is 9.49. The Balaban J connectivity index is 1.46. The van der Waals surface area contributed by atoms with Gasteiger partial charge in [-0.2, -0.15) is 0 Å². The number of para-hydroxylation sites is 2. The molecule has 1 aromatic heterocycles. The van der Waals surface area contributed by atoms with Crippen LogP contribution in [0.4, 0.5) is 0 Å². The van der Waals surface area contributed by atoms with Gasteiger partial charge in [0, 0.05) is 25.7 Å². The minimum atomic E-state index is 0.0427. The Hall–Kier alpha value is -1.88. The number of likely N-dealkylation sites (tertiary alicyclic amines) is 1. The third-order valence-corrected chi connectivity index (χ3v) is 5.84. The van der Waals surface area contributed by atoms with E-state index in [1.54, 1.807) is 0 Å². The number of hydrogen-bond donors (Lipinski definition) is 0. The molecular weight excluding hydrogens is 314 g/mol. The standard InChI is InChI=1S/C20H27N3O2/c1-14-17(6-5-13-25-14)20(24)22-11-9-16(10-12-22)23-15(2)21-18-7-3-4-8-19(18)23/h3-4,7-8,14,16-17H,5-6,9-13H2,1-2H3. The summed E-state index contributed by atoms with van der Waals surface area (Å²) in [5, 5.41) is 0. The third kappa shape index (κ3) is 3.06. The summed E-state index contributed by atoms with van der Waals surface area (Å²) in [6.45, 7) is 6.57. The zero-order valence-corrected chi connectivity index (χ0v) is 15.1. The first-order chi connectivity index (χ1) is 12.1. The monoisotopic (exact) mass is 341 g/mol. The van der Waals surface area contributed by atoms with Gasteiger partial charge in [-0.25, -0.2) is 4.98 Å². The molecule has 0 spiro atoms. The van der Waals surface area contributed by atoms with Crippen LogP contribution in [0, 0.1) is 12.8 Å². The van der Waals surface area contributed by atoms with E-state index in [1.165, 1.54) is 5.52 Å². The number of piperidine rings is 1. The molecule has 5 heteroatoms. The minimum Gasteiger partial charge on any atom is -0.378 e. The molecule has 0 aliphatic carbocycles. The number of aryl methyl sites for hydroxylation is 1. The Morgan fingerprint density at radius 2 is 1.96 bits per heavy atom. The molecule has 1 amide bonds. The summed E-state index contributed by atoms with van der Waals surface area (Å²) >= 11 is 0. The van der Waals surface area contributed by atoms with Gasteiger partial charge in [-0.15, -0.1) is 0 Å². The zero-order valence-electron chi connectivity index (χ0n) is 15.1. The van der Waals surface area contributed by atoms with Gasteiger partial charge in [-0.3, -0.25) is 4.79 Å². The van der Waals surface area contributed by atoms with Gasteiger partial charge in [0.2, 0.25) is 5.91 Å². The normalized spacial score (nSPS) is 25.4. The van der Waals surface area contributed by atoms with E-state index in [9.17, 15) is 4.79 Å². The zero-order chi connectivity index (χ0) is 17.4. The van der Waals surface area contributed by atoms with E-state index in [4.69, 9.17) is 9.72 Å². The van der Waals surface area contributed by atoms with Crippen LogP contribution < -0.4 is 0 Å². The number of benzene rings is 1. The SMILES string of the molecule is Cc1nc2ccccc2n1C1CCN(C(=O)C2CCCOC2C)CC1. The number of nitrogens with zero attached hydrogens (tertiary/aromatic N) is 3. The first kappa shape index (κ1) is 16.6. The lowest BCUT2D eigenvalue weighted by atomic mass is 9.92. The number of aromatic nitrogens is 2. The van der Waals surface area contributed by atoms with Crippen molar-refractivity contribution < 1.29 is 9.53 Å². The first-order valence-electron chi connectivity index (χ1n) is 9.49. The van der Waals surface area contributed by atoms with Crippen LogP contribution in [-0.2, 0) is 9.53 Å². The van der Waals surface area contributed by atoms with Crippen LogP contribution in [0.1, 0.15) is 44.5 Å². The summed E-state index contributed by atoms with van der Waals surface area (Å²) in [6, 6.07) is 8.75. The van der Waals surface area contributed by atoms with E-state index >= 15 is 0 Å². The molecule has 3 heterocycles. The van der Waals surface area contributed by atoms with E-state index in [0.717, 1.165) is 56.7 Å². The van der Waals surface area contributed by atoms with Crippen LogP contribution >= 0.6 is 0 Å². The van der Waals surface area contributed by atoms with Crippen LogP contribution in [0.3, 0.4) is 0 Å². The van der Waals surface area contributed by atoms with E-state index in [0.29, 0.717) is 6.04 Å². The van der Waals surface area contributed by atoms with Gasteiger partial charge < -0.3 is 14.2 Å². The summed E-state index contributed by atoms with van der Waals surface area (Å²) in [4.78, 5) is 19.6. The fourth-order valence-corrected chi connectivity index (χ4v) is 4.45. The summed E-state index contributed by atoms with van der Waals surface area (Å²) in [6.07, 6.45) is 4.01. The lowest BCUT2D eigenvalue weighted by molar-refractivity contribution is -0.145. The highest BCUT2D eigenvalue weighted by Crippen LogP contribution is 2.30. The molecule has 2 aliphatic rings. The van der Waals surface area contributed by atoms with Crippen molar-refractivity contribution in [1.29, 1.82) is 0 Å². The van der Waals surface area contributed by atoms with Crippen LogP contribution in [0.15, 0.2) is 24.3 Å². The molecule has 2 aromatic rings. The molecule has 4 rings (SSSR count). The molecular formula is C20H27N3O2. The van der Waals surface area contributed by atoms with Gasteiger partial charge in [0.15, 0.2) is 0 Å². The topological polar surface area (TPSA) is 47.4 Å². The van der Waals surface area contributed by atoms with Gasteiger partial charge >= 0.3 is 0 Å². The quantitative estimate of drug-likeness (QED) is 0.842. The highest BCUT2D eigenvalue weighted by Gasteiger charge is 2.34. The number of amides is 1. The predicted octanol–water partition coefficient (Wildman–Crippen LogP) is 3.32. The van der Waals surface area contributed by atoms with Gasteiger partial charge in [0.1, 0.15) is 5.82 Å².